The summed E-state index contributed by atoms with van der Waals surface area (Å²) in [5.74, 6) is 0.819. The van der Waals surface area contributed by atoms with Crippen molar-refractivity contribution in [3.63, 3.8) is 0 Å². The van der Waals surface area contributed by atoms with E-state index in [0.29, 0.717) is 5.82 Å². The van der Waals surface area contributed by atoms with Crippen molar-refractivity contribution in [1.29, 1.82) is 0 Å². The quantitative estimate of drug-likeness (QED) is 0.837. The van der Waals surface area contributed by atoms with Crippen LogP contribution in [0.15, 0.2) is 22.8 Å². The predicted molar refractivity (Wildman–Crippen MR) is 95.7 cm³/mol. The van der Waals surface area contributed by atoms with E-state index in [1.54, 1.807) is 6.20 Å². The largest absolute Gasteiger partial charge is 0.310 e. The molecule has 5 rings (SSSR count). The number of aromatic nitrogens is 1. The lowest BCUT2D eigenvalue weighted by Crippen LogP contribution is -2.48. The average molecular weight is 391 g/mol. The van der Waals surface area contributed by atoms with Crippen LogP contribution in [0, 0.1) is 10.8 Å². The number of nitrogens with zero attached hydrogens (tertiary/aromatic N) is 3. The maximum atomic E-state index is 12.7. The highest BCUT2D eigenvalue weighted by molar-refractivity contribution is 9.10. The van der Waals surface area contributed by atoms with Crippen LogP contribution < -0.4 is 5.32 Å². The number of hydrogen-bond acceptors (Lipinski definition) is 4. The van der Waals surface area contributed by atoms with E-state index >= 15 is 0 Å². The highest BCUT2D eigenvalue weighted by atomic mass is 79.9. The van der Waals surface area contributed by atoms with E-state index in [0.717, 1.165) is 29.9 Å². The van der Waals surface area contributed by atoms with E-state index < -0.39 is 0 Å². The molecule has 2 heterocycles. The SMILES string of the molecule is O=C(Nc1cc(Br)ccn1)C12CC1(CN1CCN(C3CC3)CC1)C2. The Hall–Kier alpha value is -0.980. The van der Waals surface area contributed by atoms with Crippen LogP contribution in [-0.4, -0.2) is 59.5 Å². The number of halogens is 1. The number of carbonyl (C=O) groups is 1. The molecule has 4 aliphatic rings. The van der Waals surface area contributed by atoms with Gasteiger partial charge < -0.3 is 10.2 Å². The number of amides is 1. The van der Waals surface area contributed by atoms with Crippen molar-refractivity contribution in [3.8, 4) is 0 Å². The molecule has 128 valence electrons. The van der Waals surface area contributed by atoms with Crippen molar-refractivity contribution >= 4 is 27.7 Å². The van der Waals surface area contributed by atoms with E-state index in [1.807, 2.05) is 12.1 Å². The Balaban J connectivity index is 1.15. The number of rotatable bonds is 5. The summed E-state index contributed by atoms with van der Waals surface area (Å²) in [5, 5.41) is 3.01. The summed E-state index contributed by atoms with van der Waals surface area (Å²) in [6.07, 6.45) is 6.63. The fraction of sp³-hybridized carbons (Fsp3) is 0.667. The molecule has 6 heteroatoms. The minimum atomic E-state index is -0.0926. The Morgan fingerprint density at radius 3 is 2.71 bits per heavy atom. The zero-order valence-electron chi connectivity index (χ0n) is 13.8. The van der Waals surface area contributed by atoms with Gasteiger partial charge in [0.2, 0.25) is 5.91 Å². The van der Waals surface area contributed by atoms with E-state index in [2.05, 4.69) is 36.0 Å². The highest BCUT2D eigenvalue weighted by Gasteiger charge is 2.86. The van der Waals surface area contributed by atoms with Gasteiger partial charge in [-0.25, -0.2) is 4.98 Å². The van der Waals surface area contributed by atoms with Crippen LogP contribution >= 0.6 is 15.9 Å². The van der Waals surface area contributed by atoms with Crippen LogP contribution in [0.5, 0.6) is 0 Å². The molecule has 0 aromatic carbocycles. The van der Waals surface area contributed by atoms with Gasteiger partial charge in [0.15, 0.2) is 0 Å². The van der Waals surface area contributed by atoms with Gasteiger partial charge in [0.05, 0.1) is 5.41 Å². The molecule has 24 heavy (non-hydrogen) atoms. The van der Waals surface area contributed by atoms with Crippen LogP contribution in [0.4, 0.5) is 5.82 Å². The van der Waals surface area contributed by atoms with Gasteiger partial charge >= 0.3 is 0 Å². The first-order valence-electron chi connectivity index (χ1n) is 9.00. The summed E-state index contributed by atoms with van der Waals surface area (Å²) in [6, 6.07) is 4.61. The fourth-order valence-electron chi connectivity index (χ4n) is 4.54. The van der Waals surface area contributed by atoms with Crippen molar-refractivity contribution in [2.75, 3.05) is 38.0 Å². The minimum Gasteiger partial charge on any atom is -0.310 e. The van der Waals surface area contributed by atoms with Crippen LogP contribution in [0.1, 0.15) is 25.7 Å². The summed E-state index contributed by atoms with van der Waals surface area (Å²) >= 11 is 3.42. The third-order valence-corrected chi connectivity index (χ3v) is 6.93. The summed E-state index contributed by atoms with van der Waals surface area (Å²) < 4.78 is 0.941. The molecular formula is C18H23BrN4O. The molecule has 1 aromatic heterocycles. The Morgan fingerprint density at radius 1 is 1.29 bits per heavy atom. The number of carbonyl (C=O) groups excluding carboxylic acids is 1. The second kappa shape index (κ2) is 5.26. The monoisotopic (exact) mass is 390 g/mol. The number of fused-ring (bicyclic) bond motifs is 1. The van der Waals surface area contributed by atoms with Crippen LogP contribution in [0.2, 0.25) is 0 Å². The normalized spacial score (nSPS) is 35.4. The van der Waals surface area contributed by atoms with Gasteiger partial charge in [-0.1, -0.05) is 15.9 Å². The molecule has 4 fully saturated rings. The van der Waals surface area contributed by atoms with Crippen LogP contribution in [0.3, 0.4) is 0 Å². The van der Waals surface area contributed by atoms with Gasteiger partial charge in [-0.15, -0.1) is 0 Å². The van der Waals surface area contributed by atoms with Crippen molar-refractivity contribution in [2.24, 2.45) is 10.8 Å². The molecule has 1 aliphatic heterocycles. The maximum Gasteiger partial charge on any atom is 0.232 e. The lowest BCUT2D eigenvalue weighted by atomic mass is 10.1. The Bertz CT molecular complexity index is 675. The van der Waals surface area contributed by atoms with Crippen LogP contribution in [0.25, 0.3) is 0 Å². The van der Waals surface area contributed by atoms with Gasteiger partial charge in [-0.2, -0.15) is 0 Å². The summed E-state index contributed by atoms with van der Waals surface area (Å²) in [5.41, 5.74) is 0.176. The lowest BCUT2D eigenvalue weighted by Gasteiger charge is -2.35. The molecule has 1 saturated heterocycles. The molecule has 0 spiro atoms. The molecule has 1 N–H and O–H groups in total. The average Bonchev–Trinajstić information content (AvgIpc) is 3.42. The van der Waals surface area contributed by atoms with Gasteiger partial charge in [0, 0.05) is 49.4 Å². The molecule has 0 atom stereocenters. The number of anilines is 1. The summed E-state index contributed by atoms with van der Waals surface area (Å²) in [7, 11) is 0. The number of hydrogen-bond donors (Lipinski definition) is 1. The molecule has 5 nitrogen and oxygen atoms in total. The second-order valence-corrected chi connectivity index (χ2v) is 8.99. The third kappa shape index (κ3) is 2.50. The topological polar surface area (TPSA) is 48.5 Å². The molecule has 1 aromatic rings. The smallest absolute Gasteiger partial charge is 0.232 e. The number of piperazine rings is 1. The first kappa shape index (κ1) is 15.3. The van der Waals surface area contributed by atoms with Gasteiger partial charge in [-0.05, 0) is 43.2 Å². The molecule has 0 radical (unpaired) electrons. The third-order valence-electron chi connectivity index (χ3n) is 6.44. The van der Waals surface area contributed by atoms with Crippen LogP contribution in [-0.2, 0) is 4.79 Å². The first-order chi connectivity index (χ1) is 11.6. The molecule has 0 bridgehead atoms. The predicted octanol–water partition coefficient (Wildman–Crippen LogP) is 2.34. The minimum absolute atomic E-state index is 0.0926. The standard InChI is InChI=1S/C18H23BrN4O/c19-13-3-4-20-15(9-13)21-16(24)18-10-17(18,11-18)12-22-5-7-23(8-6-22)14-1-2-14/h3-4,9,14H,1-2,5-8,10-12H2,(H,20,21,24). The van der Waals surface area contributed by atoms with Gasteiger partial charge in [0.25, 0.3) is 0 Å². The first-order valence-corrected chi connectivity index (χ1v) is 9.79. The Labute approximate surface area is 150 Å². The van der Waals surface area contributed by atoms with E-state index in [1.165, 1.54) is 39.0 Å². The second-order valence-electron chi connectivity index (χ2n) is 8.07. The Morgan fingerprint density at radius 2 is 2.04 bits per heavy atom. The zero-order chi connectivity index (χ0) is 16.4. The van der Waals surface area contributed by atoms with Crippen molar-refractivity contribution in [2.45, 2.75) is 31.7 Å². The molecule has 3 aliphatic carbocycles. The summed E-state index contributed by atoms with van der Waals surface area (Å²) in [6.45, 7) is 5.86. The van der Waals surface area contributed by atoms with E-state index in [-0.39, 0.29) is 16.7 Å². The van der Waals surface area contributed by atoms with Crippen molar-refractivity contribution < 1.29 is 4.79 Å². The number of pyridine rings is 1. The maximum absolute atomic E-state index is 12.7. The summed E-state index contributed by atoms with van der Waals surface area (Å²) in [4.78, 5) is 22.1. The van der Waals surface area contributed by atoms with Crippen molar-refractivity contribution in [1.82, 2.24) is 14.8 Å². The molecule has 3 saturated carbocycles. The van der Waals surface area contributed by atoms with Gasteiger partial charge in [-0.3, -0.25) is 9.69 Å². The molecule has 0 unspecified atom stereocenters. The fourth-order valence-corrected chi connectivity index (χ4v) is 4.88. The molecular weight excluding hydrogens is 368 g/mol. The zero-order valence-corrected chi connectivity index (χ0v) is 15.4. The van der Waals surface area contributed by atoms with Gasteiger partial charge in [0.1, 0.15) is 5.82 Å². The van der Waals surface area contributed by atoms with Crippen molar-refractivity contribution in [3.05, 3.63) is 22.8 Å². The number of nitrogens with one attached hydrogen (secondary N) is 1. The van der Waals surface area contributed by atoms with E-state index in [9.17, 15) is 4.79 Å². The highest BCUT2D eigenvalue weighted by Crippen LogP contribution is 2.86. The lowest BCUT2D eigenvalue weighted by molar-refractivity contribution is -0.119. The van der Waals surface area contributed by atoms with E-state index in [4.69, 9.17) is 0 Å². The molecule has 1 amide bonds. The Kier molecular flexibility index (Phi) is 3.35.